The van der Waals surface area contributed by atoms with Crippen molar-refractivity contribution in [2.45, 2.75) is 26.7 Å². The summed E-state index contributed by atoms with van der Waals surface area (Å²) in [6.07, 6.45) is 2.85. The minimum Gasteiger partial charge on any atom is -0.326 e. The molecule has 0 heterocycles. The van der Waals surface area contributed by atoms with Crippen LogP contribution in [-0.2, 0) is 14.4 Å². The molecule has 3 amide bonds. The van der Waals surface area contributed by atoms with E-state index in [-0.39, 0.29) is 18.7 Å². The van der Waals surface area contributed by atoms with Crippen molar-refractivity contribution in [2.24, 2.45) is 0 Å². The van der Waals surface area contributed by atoms with Crippen LogP contribution in [0.4, 0.5) is 5.69 Å². The number of carbonyl (C=O) groups excluding carboxylic acids is 3. The second kappa shape index (κ2) is 10.3. The topological polar surface area (TPSA) is 87.3 Å². The summed E-state index contributed by atoms with van der Waals surface area (Å²) < 4.78 is 0. The van der Waals surface area contributed by atoms with Crippen LogP contribution in [0, 0.1) is 13.8 Å². The van der Waals surface area contributed by atoms with Crippen molar-refractivity contribution in [3.05, 3.63) is 70.3 Å². The fraction of sp³-hybridized carbons (Fsp3) is 0.190. The maximum absolute atomic E-state index is 11.9. The highest BCUT2D eigenvalue weighted by Gasteiger charge is 2.08. The molecular formula is C21H22ClN3O3. The van der Waals surface area contributed by atoms with Gasteiger partial charge in [0.25, 0.3) is 5.91 Å². The minimum absolute atomic E-state index is 0.00917. The zero-order valence-corrected chi connectivity index (χ0v) is 16.5. The first-order chi connectivity index (χ1) is 13.3. The Balaban J connectivity index is 1.70. The van der Waals surface area contributed by atoms with Crippen molar-refractivity contribution >= 4 is 41.1 Å². The van der Waals surface area contributed by atoms with Crippen LogP contribution in [0.3, 0.4) is 0 Å². The molecule has 2 aromatic rings. The number of benzene rings is 2. The Kier molecular flexibility index (Phi) is 7.77. The second-order valence-electron chi connectivity index (χ2n) is 6.27. The highest BCUT2D eigenvalue weighted by Crippen LogP contribution is 2.14. The van der Waals surface area contributed by atoms with Gasteiger partial charge in [-0.3, -0.25) is 25.2 Å². The molecule has 0 spiro atoms. The van der Waals surface area contributed by atoms with Gasteiger partial charge in [0.15, 0.2) is 0 Å². The Labute approximate surface area is 168 Å². The first-order valence-corrected chi connectivity index (χ1v) is 9.11. The molecule has 0 radical (unpaired) electrons. The molecule has 6 nitrogen and oxygen atoms in total. The molecule has 0 aliphatic rings. The average Bonchev–Trinajstić information content (AvgIpc) is 2.67. The molecule has 0 aliphatic heterocycles. The largest absolute Gasteiger partial charge is 0.326 e. The lowest BCUT2D eigenvalue weighted by molar-refractivity contribution is -0.128. The van der Waals surface area contributed by atoms with E-state index >= 15 is 0 Å². The summed E-state index contributed by atoms with van der Waals surface area (Å²) in [5.74, 6) is -1.21. The Hall–Kier alpha value is -3.12. The highest BCUT2D eigenvalue weighted by molar-refractivity contribution is 6.30. The maximum Gasteiger partial charge on any atom is 0.262 e. The zero-order valence-electron chi connectivity index (χ0n) is 15.7. The Bertz CT molecular complexity index is 892. The van der Waals surface area contributed by atoms with Crippen molar-refractivity contribution in [3.8, 4) is 0 Å². The van der Waals surface area contributed by atoms with Crippen LogP contribution in [0.2, 0.25) is 5.02 Å². The van der Waals surface area contributed by atoms with E-state index in [1.807, 2.05) is 32.0 Å². The molecule has 0 saturated carbocycles. The van der Waals surface area contributed by atoms with Crippen molar-refractivity contribution in [1.82, 2.24) is 10.9 Å². The number of anilines is 1. The molecule has 0 unspecified atom stereocenters. The van der Waals surface area contributed by atoms with Gasteiger partial charge in [-0.2, -0.15) is 0 Å². The van der Waals surface area contributed by atoms with E-state index in [0.29, 0.717) is 10.7 Å². The van der Waals surface area contributed by atoms with Gasteiger partial charge < -0.3 is 5.32 Å². The first kappa shape index (κ1) is 21.2. The van der Waals surface area contributed by atoms with Gasteiger partial charge in [-0.05, 0) is 60.9 Å². The van der Waals surface area contributed by atoms with Gasteiger partial charge in [-0.25, -0.2) is 0 Å². The molecule has 7 heteroatoms. The van der Waals surface area contributed by atoms with E-state index in [1.54, 1.807) is 30.3 Å². The summed E-state index contributed by atoms with van der Waals surface area (Å²) in [6.45, 7) is 3.95. The predicted octanol–water partition coefficient (Wildman–Crippen LogP) is 3.54. The van der Waals surface area contributed by atoms with Gasteiger partial charge in [0, 0.05) is 29.6 Å². The third-order valence-corrected chi connectivity index (χ3v) is 4.24. The van der Waals surface area contributed by atoms with Crippen LogP contribution >= 0.6 is 11.6 Å². The van der Waals surface area contributed by atoms with E-state index in [1.165, 1.54) is 6.08 Å². The highest BCUT2D eigenvalue weighted by atomic mass is 35.5. The van der Waals surface area contributed by atoms with E-state index in [2.05, 4.69) is 16.2 Å². The number of rotatable bonds is 6. The molecule has 2 rings (SSSR count). The quantitative estimate of drug-likeness (QED) is 0.513. The fourth-order valence-electron chi connectivity index (χ4n) is 2.25. The molecule has 28 heavy (non-hydrogen) atoms. The number of hydrogen-bond donors (Lipinski definition) is 3. The van der Waals surface area contributed by atoms with E-state index in [4.69, 9.17) is 11.6 Å². The number of hydrazine groups is 1. The summed E-state index contributed by atoms with van der Waals surface area (Å²) in [7, 11) is 0. The first-order valence-electron chi connectivity index (χ1n) is 8.73. The summed E-state index contributed by atoms with van der Waals surface area (Å²) in [6, 6.07) is 12.6. The van der Waals surface area contributed by atoms with E-state index in [0.717, 1.165) is 16.7 Å². The molecule has 146 valence electrons. The minimum atomic E-state index is -0.483. The predicted molar refractivity (Wildman–Crippen MR) is 111 cm³/mol. The average molecular weight is 400 g/mol. The molecule has 0 fully saturated rings. The Morgan fingerprint density at radius 2 is 1.57 bits per heavy atom. The van der Waals surface area contributed by atoms with E-state index < -0.39 is 11.8 Å². The molecule has 0 aromatic heterocycles. The van der Waals surface area contributed by atoms with Crippen molar-refractivity contribution in [3.63, 3.8) is 0 Å². The number of nitrogens with one attached hydrogen (secondary N) is 3. The van der Waals surface area contributed by atoms with Crippen molar-refractivity contribution in [1.29, 1.82) is 0 Å². The van der Waals surface area contributed by atoms with Gasteiger partial charge in [0.1, 0.15) is 0 Å². The van der Waals surface area contributed by atoms with Gasteiger partial charge in [-0.15, -0.1) is 0 Å². The molecule has 2 aromatic carbocycles. The molecular weight excluding hydrogens is 378 g/mol. The molecule has 0 atom stereocenters. The van der Waals surface area contributed by atoms with Crippen LogP contribution in [0.15, 0.2) is 48.5 Å². The Morgan fingerprint density at radius 1 is 0.893 bits per heavy atom. The zero-order chi connectivity index (χ0) is 20.5. The summed E-state index contributed by atoms with van der Waals surface area (Å²) in [5.41, 5.74) is 8.24. The van der Waals surface area contributed by atoms with Gasteiger partial charge in [0.2, 0.25) is 11.8 Å². The smallest absolute Gasteiger partial charge is 0.262 e. The Morgan fingerprint density at radius 3 is 2.25 bits per heavy atom. The lowest BCUT2D eigenvalue weighted by atomic mass is 10.1. The lowest BCUT2D eigenvalue weighted by Crippen LogP contribution is -2.41. The molecule has 0 saturated heterocycles. The number of halogens is 1. The van der Waals surface area contributed by atoms with Crippen molar-refractivity contribution in [2.75, 3.05) is 5.32 Å². The fourth-order valence-corrected chi connectivity index (χ4v) is 2.38. The van der Waals surface area contributed by atoms with Gasteiger partial charge in [-0.1, -0.05) is 29.8 Å². The van der Waals surface area contributed by atoms with Crippen LogP contribution in [0.5, 0.6) is 0 Å². The number of aryl methyl sites for hydroxylation is 2. The van der Waals surface area contributed by atoms with Crippen LogP contribution in [0.1, 0.15) is 29.5 Å². The second-order valence-corrected chi connectivity index (χ2v) is 6.71. The van der Waals surface area contributed by atoms with Gasteiger partial charge >= 0.3 is 0 Å². The number of hydrogen-bond acceptors (Lipinski definition) is 3. The molecule has 0 aliphatic carbocycles. The SMILES string of the molecule is Cc1ccc(NC(=O)CCC(=O)NNC(=O)/C=C/c2ccc(Cl)cc2)cc1C. The standard InChI is InChI=1S/C21H22ClN3O3/c1-14-3-9-18(13-15(14)2)23-19(26)11-12-21(28)25-24-20(27)10-6-16-4-7-17(22)8-5-16/h3-10,13H,11-12H2,1-2H3,(H,23,26)(H,24,27)(H,25,28)/b10-6+. The molecule has 0 bridgehead atoms. The number of amides is 3. The number of carbonyl (C=O) groups is 3. The van der Waals surface area contributed by atoms with Crippen LogP contribution in [0.25, 0.3) is 6.08 Å². The third kappa shape index (κ3) is 7.25. The summed E-state index contributed by atoms with van der Waals surface area (Å²) in [4.78, 5) is 35.4. The van der Waals surface area contributed by atoms with E-state index in [9.17, 15) is 14.4 Å². The maximum atomic E-state index is 11.9. The summed E-state index contributed by atoms with van der Waals surface area (Å²) >= 11 is 5.79. The lowest BCUT2D eigenvalue weighted by Gasteiger charge is -2.08. The van der Waals surface area contributed by atoms with Gasteiger partial charge in [0.05, 0.1) is 0 Å². The monoisotopic (exact) mass is 399 g/mol. The van der Waals surface area contributed by atoms with Crippen LogP contribution < -0.4 is 16.2 Å². The molecule has 3 N–H and O–H groups in total. The normalized spacial score (nSPS) is 10.5. The van der Waals surface area contributed by atoms with Crippen LogP contribution in [-0.4, -0.2) is 17.7 Å². The summed E-state index contributed by atoms with van der Waals surface area (Å²) in [5, 5.41) is 3.35. The van der Waals surface area contributed by atoms with Crippen molar-refractivity contribution < 1.29 is 14.4 Å². The third-order valence-electron chi connectivity index (χ3n) is 3.99.